The summed E-state index contributed by atoms with van der Waals surface area (Å²) in [5, 5.41) is 15.6. The SMILES string of the molecule is C=C/C1=N\C=C/CC2=CC(F)=CCC2(C)NC(C(=O)O)CCCC[C@@H]1C(=O)N1CC[C@@]2(C1)OC(=O)Nc1ccc(Cl)c(F)c12. The lowest BCUT2D eigenvalue weighted by molar-refractivity contribution is -0.140. The molecule has 5 rings (SSSR count). The van der Waals surface area contributed by atoms with Crippen LogP contribution in [0.25, 0.3) is 0 Å². The highest BCUT2D eigenvalue weighted by Gasteiger charge is 2.51. The number of allylic oxidation sites excluding steroid dienone is 4. The van der Waals surface area contributed by atoms with Gasteiger partial charge < -0.3 is 14.7 Å². The summed E-state index contributed by atoms with van der Waals surface area (Å²) in [6, 6.07) is 1.99. The molecule has 3 aliphatic heterocycles. The van der Waals surface area contributed by atoms with E-state index < -0.39 is 41.0 Å². The van der Waals surface area contributed by atoms with Gasteiger partial charge in [0.1, 0.15) is 11.9 Å². The lowest BCUT2D eigenvalue weighted by Crippen LogP contribution is -2.52. The van der Waals surface area contributed by atoms with Crippen LogP contribution >= 0.6 is 11.6 Å². The predicted molar refractivity (Wildman–Crippen MR) is 163 cm³/mol. The van der Waals surface area contributed by atoms with Crippen molar-refractivity contribution in [3.8, 4) is 0 Å². The summed E-state index contributed by atoms with van der Waals surface area (Å²) in [6.07, 6.45) is 9.38. The maximum atomic E-state index is 15.3. The van der Waals surface area contributed by atoms with Crippen molar-refractivity contribution >= 4 is 41.0 Å². The fourth-order valence-electron chi connectivity index (χ4n) is 6.54. The molecule has 4 atom stereocenters. The number of carboxylic acids is 1. The number of hydrogen-bond acceptors (Lipinski definition) is 6. The van der Waals surface area contributed by atoms with Crippen LogP contribution in [0.2, 0.25) is 5.02 Å². The number of ether oxygens (including phenoxy) is 1. The van der Waals surface area contributed by atoms with Crippen LogP contribution in [0, 0.1) is 11.7 Å². The molecule has 1 saturated heterocycles. The average molecular weight is 629 g/mol. The van der Waals surface area contributed by atoms with Gasteiger partial charge in [0.25, 0.3) is 0 Å². The van der Waals surface area contributed by atoms with Crippen molar-refractivity contribution in [1.29, 1.82) is 0 Å². The minimum absolute atomic E-state index is 0.0723. The van der Waals surface area contributed by atoms with Crippen molar-refractivity contribution in [3.05, 3.63) is 77.0 Å². The lowest BCUT2D eigenvalue weighted by atomic mass is 9.81. The molecule has 0 aromatic heterocycles. The Morgan fingerprint density at radius 1 is 1.27 bits per heavy atom. The van der Waals surface area contributed by atoms with Crippen molar-refractivity contribution in [2.75, 3.05) is 18.4 Å². The molecule has 0 saturated carbocycles. The van der Waals surface area contributed by atoms with E-state index >= 15 is 4.39 Å². The zero-order valence-electron chi connectivity index (χ0n) is 24.4. The first-order valence-corrected chi connectivity index (χ1v) is 15.0. The van der Waals surface area contributed by atoms with Crippen LogP contribution in [0.4, 0.5) is 19.3 Å². The molecule has 1 spiro atoms. The smallest absolute Gasteiger partial charge is 0.412 e. The number of rotatable bonds is 3. The quantitative estimate of drug-likeness (QED) is 0.368. The zero-order chi connectivity index (χ0) is 31.6. The van der Waals surface area contributed by atoms with Gasteiger partial charge in [-0.1, -0.05) is 37.1 Å². The van der Waals surface area contributed by atoms with Crippen LogP contribution in [0.3, 0.4) is 0 Å². The minimum Gasteiger partial charge on any atom is -0.480 e. The molecule has 2 amide bonds. The van der Waals surface area contributed by atoms with Gasteiger partial charge in [-0.15, -0.1) is 0 Å². The van der Waals surface area contributed by atoms with Crippen LogP contribution < -0.4 is 10.6 Å². The maximum Gasteiger partial charge on any atom is 0.412 e. The van der Waals surface area contributed by atoms with Gasteiger partial charge in [-0.25, -0.2) is 13.6 Å². The number of aliphatic carboxylic acids is 1. The van der Waals surface area contributed by atoms with E-state index in [-0.39, 0.29) is 47.5 Å². The van der Waals surface area contributed by atoms with E-state index in [0.29, 0.717) is 49.8 Å². The zero-order valence-corrected chi connectivity index (χ0v) is 25.1. The van der Waals surface area contributed by atoms with E-state index in [1.54, 1.807) is 12.3 Å². The third kappa shape index (κ3) is 6.21. The summed E-state index contributed by atoms with van der Waals surface area (Å²) in [5.74, 6) is -3.12. The van der Waals surface area contributed by atoms with Gasteiger partial charge >= 0.3 is 12.1 Å². The summed E-state index contributed by atoms with van der Waals surface area (Å²) < 4.78 is 35.1. The van der Waals surface area contributed by atoms with Gasteiger partial charge in [0, 0.05) is 24.7 Å². The van der Waals surface area contributed by atoms with E-state index in [4.69, 9.17) is 16.3 Å². The Morgan fingerprint density at radius 3 is 2.80 bits per heavy atom. The molecule has 234 valence electrons. The summed E-state index contributed by atoms with van der Waals surface area (Å²) in [5.41, 5.74) is -0.696. The first-order chi connectivity index (χ1) is 21.0. The number of benzene rings is 1. The van der Waals surface area contributed by atoms with Crippen molar-refractivity contribution in [1.82, 2.24) is 10.2 Å². The molecule has 4 aliphatic rings. The van der Waals surface area contributed by atoms with Gasteiger partial charge in [0.2, 0.25) is 5.91 Å². The molecule has 0 radical (unpaired) electrons. The molecule has 3 heterocycles. The molecular formula is C32H35ClF2N4O5. The molecule has 3 N–H and O–H groups in total. The summed E-state index contributed by atoms with van der Waals surface area (Å²) in [4.78, 5) is 44.7. The van der Waals surface area contributed by atoms with Gasteiger partial charge in [-0.2, -0.15) is 0 Å². The van der Waals surface area contributed by atoms with E-state index in [9.17, 15) is 23.9 Å². The molecule has 1 fully saturated rings. The number of halogens is 3. The van der Waals surface area contributed by atoms with Crippen molar-refractivity contribution in [2.45, 2.75) is 69.1 Å². The monoisotopic (exact) mass is 628 g/mol. The Labute approximate surface area is 259 Å². The van der Waals surface area contributed by atoms with Crippen LogP contribution in [0.15, 0.2) is 65.6 Å². The van der Waals surface area contributed by atoms with Crippen LogP contribution in [0.5, 0.6) is 0 Å². The van der Waals surface area contributed by atoms with Crippen LogP contribution in [0.1, 0.15) is 57.4 Å². The number of nitrogens with one attached hydrogen (secondary N) is 2. The van der Waals surface area contributed by atoms with Crippen molar-refractivity contribution in [3.63, 3.8) is 0 Å². The standard InChI is InChI=1S/C32H35ClF2N4O5/c1-3-23-21(28(40)39-16-14-32(18-39)26-24(37-30(43)44-32)11-10-22(33)27(26)35)8-4-5-9-25(29(41)42)38-31(2)13-12-20(34)17-19(31)7-6-15-36-23/h3,6,10-12,15,17,21,25,38H,1,4-5,7-9,13-14,16,18H2,2H3,(H,37,43)(H,41,42)/b15-6-,36-23+/t21-,25?,31?,32-/m0/s1. The number of aliphatic imine (C=N–C) groups is 1. The minimum atomic E-state index is -1.40. The van der Waals surface area contributed by atoms with Crippen molar-refractivity contribution in [2.24, 2.45) is 10.9 Å². The Kier molecular flexibility index (Phi) is 9.08. The summed E-state index contributed by atoms with van der Waals surface area (Å²) in [7, 11) is 0. The number of anilines is 1. The first kappa shape index (κ1) is 31.6. The molecule has 44 heavy (non-hydrogen) atoms. The number of fused-ring (bicyclic) bond motifs is 3. The Balaban J connectivity index is 1.43. The predicted octanol–water partition coefficient (Wildman–Crippen LogP) is 6.17. The van der Waals surface area contributed by atoms with Crippen LogP contribution in [-0.4, -0.2) is 58.4 Å². The van der Waals surface area contributed by atoms with E-state index in [1.165, 1.54) is 35.3 Å². The number of likely N-dealkylation sites (tertiary alicyclic amines) is 1. The Hall–Kier alpha value is -3.83. The van der Waals surface area contributed by atoms with E-state index in [2.05, 4.69) is 22.2 Å². The second-order valence-corrected chi connectivity index (χ2v) is 12.2. The second kappa shape index (κ2) is 12.6. The lowest BCUT2D eigenvalue weighted by Gasteiger charge is -2.37. The third-order valence-corrected chi connectivity index (χ3v) is 9.19. The molecule has 1 aromatic carbocycles. The van der Waals surface area contributed by atoms with Crippen LogP contribution in [-0.2, 0) is 19.9 Å². The molecule has 12 heteroatoms. The molecule has 2 unspecified atom stereocenters. The maximum absolute atomic E-state index is 15.3. The highest BCUT2D eigenvalue weighted by Crippen LogP contribution is 2.46. The number of hydrogen-bond donors (Lipinski definition) is 3. The first-order valence-electron chi connectivity index (χ1n) is 14.7. The van der Waals surface area contributed by atoms with Crippen molar-refractivity contribution < 1.29 is 33.0 Å². The highest BCUT2D eigenvalue weighted by atomic mass is 35.5. The molecule has 1 aromatic rings. The van der Waals surface area contributed by atoms with Gasteiger partial charge in [0.15, 0.2) is 11.4 Å². The molecule has 9 nitrogen and oxygen atoms in total. The van der Waals surface area contributed by atoms with Gasteiger partial charge in [-0.05, 0) is 68.5 Å². The fourth-order valence-corrected chi connectivity index (χ4v) is 6.69. The Morgan fingerprint density at radius 2 is 2.05 bits per heavy atom. The largest absolute Gasteiger partial charge is 0.480 e. The average Bonchev–Trinajstić information content (AvgIpc) is 3.39. The normalized spacial score (nSPS) is 31.1. The fraction of sp³-hybridized carbons (Fsp3) is 0.438. The molecule has 1 aliphatic carbocycles. The molecule has 0 bridgehead atoms. The second-order valence-electron chi connectivity index (χ2n) is 11.8. The number of carbonyl (C=O) groups excluding carboxylic acids is 2. The Bertz CT molecular complexity index is 1510. The van der Waals surface area contributed by atoms with Gasteiger partial charge in [0.05, 0.1) is 34.4 Å². The summed E-state index contributed by atoms with van der Waals surface area (Å²) >= 11 is 6.07. The number of amides is 2. The number of carbonyl (C=O) groups is 3. The van der Waals surface area contributed by atoms with E-state index in [0.717, 1.165) is 0 Å². The number of nitrogens with zero attached hydrogens (tertiary/aromatic N) is 2. The van der Waals surface area contributed by atoms with E-state index in [1.807, 2.05) is 6.92 Å². The third-order valence-electron chi connectivity index (χ3n) is 8.90. The molecular weight excluding hydrogens is 594 g/mol. The van der Waals surface area contributed by atoms with Gasteiger partial charge in [-0.3, -0.25) is 25.2 Å². The highest BCUT2D eigenvalue weighted by molar-refractivity contribution is 6.31. The number of carboxylic acid groups (broad SMARTS) is 1. The summed E-state index contributed by atoms with van der Waals surface area (Å²) in [6.45, 7) is 5.87. The topological polar surface area (TPSA) is 120 Å².